The van der Waals surface area contributed by atoms with E-state index in [1.165, 1.54) is 11.3 Å². The summed E-state index contributed by atoms with van der Waals surface area (Å²) in [6, 6.07) is 5.51. The highest BCUT2D eigenvalue weighted by Crippen LogP contribution is 2.33. The van der Waals surface area contributed by atoms with Gasteiger partial charge in [0.15, 0.2) is 0 Å². The number of carbonyl (C=O) groups is 1. The molecule has 0 aliphatic carbocycles. The first-order valence-electron chi connectivity index (χ1n) is 5.18. The van der Waals surface area contributed by atoms with Gasteiger partial charge in [0.1, 0.15) is 5.01 Å². The topological polar surface area (TPSA) is 50.2 Å². The summed E-state index contributed by atoms with van der Waals surface area (Å²) in [5, 5.41) is 12.0. The molecule has 0 spiro atoms. The Balaban J connectivity index is 2.23. The second kappa shape index (κ2) is 5.82. The van der Waals surface area contributed by atoms with Crippen LogP contribution in [0.5, 0.6) is 0 Å². The number of thiazole rings is 1. The SMILES string of the molecule is O=C(O)CCc1csc(-c2cc(Cl)ccc2Br)n1. The van der Waals surface area contributed by atoms with Crippen molar-refractivity contribution in [3.8, 4) is 10.6 Å². The smallest absolute Gasteiger partial charge is 0.303 e. The Hall–Kier alpha value is -0.910. The van der Waals surface area contributed by atoms with Crippen LogP contribution >= 0.6 is 38.9 Å². The van der Waals surface area contributed by atoms with Crippen LogP contribution in [0.1, 0.15) is 12.1 Å². The van der Waals surface area contributed by atoms with Crippen LogP contribution in [0.4, 0.5) is 0 Å². The zero-order valence-electron chi connectivity index (χ0n) is 9.19. The third-order valence-corrected chi connectivity index (χ3v) is 4.16. The molecule has 0 atom stereocenters. The number of aromatic nitrogens is 1. The highest BCUT2D eigenvalue weighted by atomic mass is 79.9. The lowest BCUT2D eigenvalue weighted by Crippen LogP contribution is -1.97. The predicted octanol–water partition coefficient (Wildman–Crippen LogP) is 4.24. The molecule has 1 N–H and O–H groups in total. The summed E-state index contributed by atoms with van der Waals surface area (Å²) in [7, 11) is 0. The molecule has 94 valence electrons. The molecule has 0 unspecified atom stereocenters. The average Bonchev–Trinajstić information content (AvgIpc) is 2.78. The number of hydrogen-bond acceptors (Lipinski definition) is 3. The van der Waals surface area contributed by atoms with Crippen molar-refractivity contribution in [2.75, 3.05) is 0 Å². The van der Waals surface area contributed by atoms with Crippen LogP contribution in [0.2, 0.25) is 5.02 Å². The number of carboxylic acid groups (broad SMARTS) is 1. The minimum Gasteiger partial charge on any atom is -0.481 e. The van der Waals surface area contributed by atoms with Crippen molar-refractivity contribution in [3.63, 3.8) is 0 Å². The summed E-state index contributed by atoms with van der Waals surface area (Å²) in [4.78, 5) is 14.9. The Kier molecular flexibility index (Phi) is 4.37. The van der Waals surface area contributed by atoms with E-state index in [0.29, 0.717) is 11.4 Å². The normalized spacial score (nSPS) is 10.6. The lowest BCUT2D eigenvalue weighted by molar-refractivity contribution is -0.136. The first-order chi connectivity index (χ1) is 8.56. The number of benzene rings is 1. The molecule has 3 nitrogen and oxygen atoms in total. The van der Waals surface area contributed by atoms with Crippen molar-refractivity contribution in [1.29, 1.82) is 0 Å². The summed E-state index contributed by atoms with van der Waals surface area (Å²) in [6.07, 6.45) is 0.546. The maximum Gasteiger partial charge on any atom is 0.303 e. The third kappa shape index (κ3) is 3.31. The van der Waals surface area contributed by atoms with Gasteiger partial charge < -0.3 is 5.11 Å². The van der Waals surface area contributed by atoms with Crippen molar-refractivity contribution in [2.24, 2.45) is 0 Å². The standard InChI is InChI=1S/C12H9BrClNO2S/c13-10-3-1-7(14)5-9(10)12-15-8(6-18-12)2-4-11(16)17/h1,3,5-6H,2,4H2,(H,16,17). The van der Waals surface area contributed by atoms with E-state index < -0.39 is 5.97 Å². The fraction of sp³-hybridized carbons (Fsp3) is 0.167. The number of carboxylic acids is 1. The maximum absolute atomic E-state index is 10.5. The molecule has 0 saturated heterocycles. The number of aryl methyl sites for hydroxylation is 1. The van der Waals surface area contributed by atoms with Crippen LogP contribution in [-0.4, -0.2) is 16.1 Å². The number of aliphatic carboxylic acids is 1. The molecule has 0 fully saturated rings. The van der Waals surface area contributed by atoms with Crippen LogP contribution in [0.15, 0.2) is 28.1 Å². The summed E-state index contributed by atoms with van der Waals surface area (Å²) < 4.78 is 0.922. The molecule has 1 heterocycles. The van der Waals surface area contributed by atoms with Gasteiger partial charge in [0.25, 0.3) is 0 Å². The van der Waals surface area contributed by atoms with E-state index in [2.05, 4.69) is 20.9 Å². The Labute approximate surface area is 122 Å². The molecule has 2 rings (SSSR count). The van der Waals surface area contributed by atoms with E-state index in [1.54, 1.807) is 6.07 Å². The quantitative estimate of drug-likeness (QED) is 0.900. The van der Waals surface area contributed by atoms with Gasteiger partial charge in [-0.25, -0.2) is 4.98 Å². The fourth-order valence-corrected chi connectivity index (χ4v) is 3.06. The van der Waals surface area contributed by atoms with Gasteiger partial charge in [-0.1, -0.05) is 27.5 Å². The summed E-state index contributed by atoms with van der Waals surface area (Å²) in [6.45, 7) is 0. The summed E-state index contributed by atoms with van der Waals surface area (Å²) in [5.74, 6) is -0.812. The minimum absolute atomic E-state index is 0.0971. The fourth-order valence-electron chi connectivity index (χ4n) is 1.44. The van der Waals surface area contributed by atoms with Crippen molar-refractivity contribution in [2.45, 2.75) is 12.8 Å². The molecule has 0 saturated carbocycles. The second-order valence-electron chi connectivity index (χ2n) is 3.66. The van der Waals surface area contributed by atoms with E-state index in [0.717, 1.165) is 20.7 Å². The molecule has 2 aromatic rings. The van der Waals surface area contributed by atoms with Crippen molar-refractivity contribution in [3.05, 3.63) is 38.8 Å². The van der Waals surface area contributed by atoms with Gasteiger partial charge in [-0.2, -0.15) is 0 Å². The molecule has 18 heavy (non-hydrogen) atoms. The van der Waals surface area contributed by atoms with Crippen molar-refractivity contribution in [1.82, 2.24) is 4.98 Å². The largest absolute Gasteiger partial charge is 0.481 e. The van der Waals surface area contributed by atoms with Gasteiger partial charge in [-0.05, 0) is 18.2 Å². The van der Waals surface area contributed by atoms with Crippen LogP contribution in [-0.2, 0) is 11.2 Å². The van der Waals surface area contributed by atoms with E-state index in [1.807, 2.05) is 17.5 Å². The van der Waals surface area contributed by atoms with Crippen molar-refractivity contribution >= 4 is 44.8 Å². The predicted molar refractivity (Wildman–Crippen MR) is 76.2 cm³/mol. The van der Waals surface area contributed by atoms with Gasteiger partial charge in [-0.15, -0.1) is 11.3 Å². The van der Waals surface area contributed by atoms with E-state index in [9.17, 15) is 4.79 Å². The van der Waals surface area contributed by atoms with Crippen LogP contribution in [0, 0.1) is 0 Å². The zero-order valence-corrected chi connectivity index (χ0v) is 12.3. The Morgan fingerprint density at radius 3 is 3.00 bits per heavy atom. The number of nitrogens with zero attached hydrogens (tertiary/aromatic N) is 1. The molecule has 0 amide bonds. The molecule has 0 bridgehead atoms. The Morgan fingerprint density at radius 1 is 1.50 bits per heavy atom. The van der Waals surface area contributed by atoms with Gasteiger partial charge in [0.05, 0.1) is 12.1 Å². The third-order valence-electron chi connectivity index (χ3n) is 2.31. The first kappa shape index (κ1) is 13.5. The second-order valence-corrected chi connectivity index (χ2v) is 5.81. The highest BCUT2D eigenvalue weighted by Gasteiger charge is 2.10. The monoisotopic (exact) mass is 345 g/mol. The van der Waals surface area contributed by atoms with Gasteiger partial charge in [-0.3, -0.25) is 4.79 Å². The van der Waals surface area contributed by atoms with Crippen molar-refractivity contribution < 1.29 is 9.90 Å². The first-order valence-corrected chi connectivity index (χ1v) is 7.23. The zero-order chi connectivity index (χ0) is 13.1. The van der Waals surface area contributed by atoms with E-state index in [-0.39, 0.29) is 6.42 Å². The van der Waals surface area contributed by atoms with Gasteiger partial charge in [0.2, 0.25) is 0 Å². The number of hydrogen-bond donors (Lipinski definition) is 1. The minimum atomic E-state index is -0.812. The molecule has 1 aromatic heterocycles. The molecule has 0 aliphatic heterocycles. The Bertz CT molecular complexity index is 585. The Morgan fingerprint density at radius 2 is 2.28 bits per heavy atom. The van der Waals surface area contributed by atoms with E-state index in [4.69, 9.17) is 16.7 Å². The number of halogens is 2. The molecule has 0 radical (unpaired) electrons. The van der Waals surface area contributed by atoms with Gasteiger partial charge in [0, 0.05) is 26.9 Å². The van der Waals surface area contributed by atoms with Gasteiger partial charge >= 0.3 is 5.97 Å². The molecule has 1 aromatic carbocycles. The summed E-state index contributed by atoms with van der Waals surface area (Å²) >= 11 is 10.9. The van der Waals surface area contributed by atoms with Crippen LogP contribution in [0.25, 0.3) is 10.6 Å². The molecular weight excluding hydrogens is 338 g/mol. The van der Waals surface area contributed by atoms with Crippen LogP contribution in [0.3, 0.4) is 0 Å². The average molecular weight is 347 g/mol. The summed E-state index contributed by atoms with van der Waals surface area (Å²) in [5.41, 5.74) is 1.72. The molecule has 0 aliphatic rings. The highest BCUT2D eigenvalue weighted by molar-refractivity contribution is 9.10. The van der Waals surface area contributed by atoms with Crippen LogP contribution < -0.4 is 0 Å². The van der Waals surface area contributed by atoms with E-state index >= 15 is 0 Å². The molecular formula is C12H9BrClNO2S. The molecule has 6 heteroatoms. The number of rotatable bonds is 4. The lowest BCUT2D eigenvalue weighted by atomic mass is 10.2. The maximum atomic E-state index is 10.5. The lowest BCUT2D eigenvalue weighted by Gasteiger charge is -2.00.